The molecule has 1 heterocycles. The first-order valence-electron chi connectivity index (χ1n) is 3.26. The number of hydrogen-bond donors (Lipinski definition) is 2. The Labute approximate surface area is 60.2 Å². The summed E-state index contributed by atoms with van der Waals surface area (Å²) in [7, 11) is 0. The van der Waals surface area contributed by atoms with E-state index in [1.807, 2.05) is 0 Å². The van der Waals surface area contributed by atoms with Gasteiger partial charge in [-0.05, 0) is 0 Å². The van der Waals surface area contributed by atoms with E-state index >= 15 is 0 Å². The molecular formula is C7H10N2O. The zero-order valence-corrected chi connectivity index (χ0v) is 5.68. The summed E-state index contributed by atoms with van der Waals surface area (Å²) in [6.07, 6.45) is 4.96. The van der Waals surface area contributed by atoms with Gasteiger partial charge >= 0.3 is 0 Å². The zero-order chi connectivity index (χ0) is 7.40. The minimum atomic E-state index is 0.0664. The Balaban J connectivity index is 2.15. The smallest absolute Gasteiger partial charge is 0.226 e. The number of rotatable bonds is 2. The van der Waals surface area contributed by atoms with Crippen LogP contribution in [0.2, 0.25) is 0 Å². The summed E-state index contributed by atoms with van der Waals surface area (Å²) >= 11 is 0. The highest BCUT2D eigenvalue weighted by molar-refractivity contribution is 5.80. The Morgan fingerprint density at radius 2 is 2.50 bits per heavy atom. The molecule has 10 heavy (non-hydrogen) atoms. The lowest BCUT2D eigenvalue weighted by Crippen LogP contribution is -2.50. The third-order valence-electron chi connectivity index (χ3n) is 1.52. The molecule has 3 nitrogen and oxygen atoms in total. The van der Waals surface area contributed by atoms with Crippen molar-refractivity contribution >= 4 is 5.91 Å². The van der Waals surface area contributed by atoms with E-state index in [1.165, 1.54) is 0 Å². The first-order valence-corrected chi connectivity index (χ1v) is 3.26. The van der Waals surface area contributed by atoms with Crippen molar-refractivity contribution in [3.8, 4) is 12.3 Å². The lowest BCUT2D eigenvalue weighted by atomic mass is 10.0. The molecule has 0 atom stereocenters. The topological polar surface area (TPSA) is 41.1 Å². The summed E-state index contributed by atoms with van der Waals surface area (Å²) in [5.74, 6) is 2.56. The summed E-state index contributed by atoms with van der Waals surface area (Å²) < 4.78 is 0. The number of terminal acetylenes is 1. The van der Waals surface area contributed by atoms with Gasteiger partial charge in [0.1, 0.15) is 0 Å². The highest BCUT2D eigenvalue weighted by atomic mass is 16.2. The molecule has 0 saturated carbocycles. The van der Waals surface area contributed by atoms with Gasteiger partial charge in [-0.25, -0.2) is 0 Å². The second kappa shape index (κ2) is 3.23. The molecule has 1 fully saturated rings. The minimum Gasteiger partial charge on any atom is -0.345 e. The normalized spacial score (nSPS) is 17.1. The number of nitrogens with one attached hydrogen (secondary N) is 2. The Morgan fingerprint density at radius 1 is 1.80 bits per heavy atom. The lowest BCUT2D eigenvalue weighted by molar-refractivity contribution is -0.126. The molecule has 0 unspecified atom stereocenters. The molecule has 1 aliphatic heterocycles. The maximum Gasteiger partial charge on any atom is 0.226 e. The largest absolute Gasteiger partial charge is 0.345 e. The molecule has 1 rings (SSSR count). The van der Waals surface area contributed by atoms with Gasteiger partial charge in [-0.15, -0.1) is 6.42 Å². The average Bonchev–Trinajstić information content (AvgIpc) is 1.79. The van der Waals surface area contributed by atoms with Crippen molar-refractivity contribution in [3.05, 3.63) is 0 Å². The molecule has 0 bridgehead atoms. The van der Waals surface area contributed by atoms with Crippen LogP contribution in [0.1, 0.15) is 0 Å². The van der Waals surface area contributed by atoms with Crippen molar-refractivity contribution in [1.82, 2.24) is 10.6 Å². The monoisotopic (exact) mass is 138 g/mol. The van der Waals surface area contributed by atoms with Crippen molar-refractivity contribution in [3.63, 3.8) is 0 Å². The molecule has 2 N–H and O–H groups in total. The van der Waals surface area contributed by atoms with Crippen LogP contribution in [0, 0.1) is 18.3 Å². The molecule has 0 aromatic heterocycles. The Morgan fingerprint density at radius 3 is 2.90 bits per heavy atom. The quantitative estimate of drug-likeness (QED) is 0.478. The fourth-order valence-electron chi connectivity index (χ4n) is 0.757. The van der Waals surface area contributed by atoms with Crippen molar-refractivity contribution in [2.24, 2.45) is 5.92 Å². The average molecular weight is 138 g/mol. The van der Waals surface area contributed by atoms with E-state index in [-0.39, 0.29) is 11.8 Å². The van der Waals surface area contributed by atoms with Crippen LogP contribution in [0.3, 0.4) is 0 Å². The van der Waals surface area contributed by atoms with Gasteiger partial charge in [0.25, 0.3) is 0 Å². The van der Waals surface area contributed by atoms with E-state index < -0.39 is 0 Å². The fourth-order valence-corrected chi connectivity index (χ4v) is 0.757. The first-order chi connectivity index (χ1) is 4.84. The molecule has 0 aromatic rings. The molecule has 1 amide bonds. The van der Waals surface area contributed by atoms with Crippen LogP contribution < -0.4 is 10.6 Å². The predicted octanol–water partition coefficient (Wildman–Crippen LogP) is -1.04. The van der Waals surface area contributed by atoms with Crippen LogP contribution in [0.5, 0.6) is 0 Å². The van der Waals surface area contributed by atoms with E-state index in [4.69, 9.17) is 6.42 Å². The van der Waals surface area contributed by atoms with Gasteiger partial charge in [0.2, 0.25) is 5.91 Å². The highest BCUT2D eigenvalue weighted by Gasteiger charge is 2.23. The summed E-state index contributed by atoms with van der Waals surface area (Å²) in [4.78, 5) is 10.9. The van der Waals surface area contributed by atoms with Crippen molar-refractivity contribution in [2.75, 3.05) is 19.6 Å². The fraction of sp³-hybridized carbons (Fsp3) is 0.571. The second-order valence-electron chi connectivity index (χ2n) is 2.28. The Kier molecular flexibility index (Phi) is 2.30. The van der Waals surface area contributed by atoms with E-state index in [2.05, 4.69) is 16.6 Å². The van der Waals surface area contributed by atoms with Gasteiger partial charge in [-0.1, -0.05) is 5.92 Å². The first kappa shape index (κ1) is 7.10. The van der Waals surface area contributed by atoms with E-state index in [1.54, 1.807) is 0 Å². The van der Waals surface area contributed by atoms with E-state index in [0.29, 0.717) is 6.54 Å². The number of hydrogen-bond acceptors (Lipinski definition) is 2. The van der Waals surface area contributed by atoms with Gasteiger partial charge in [0.15, 0.2) is 0 Å². The predicted molar refractivity (Wildman–Crippen MR) is 38.2 cm³/mol. The van der Waals surface area contributed by atoms with Gasteiger partial charge in [0.05, 0.1) is 12.5 Å². The molecule has 3 heteroatoms. The second-order valence-corrected chi connectivity index (χ2v) is 2.28. The van der Waals surface area contributed by atoms with Crippen LogP contribution in [0.4, 0.5) is 0 Å². The molecule has 0 aromatic carbocycles. The number of carbonyl (C=O) groups is 1. The Hall–Kier alpha value is -1.01. The molecule has 1 aliphatic rings. The molecule has 0 aliphatic carbocycles. The van der Waals surface area contributed by atoms with Crippen molar-refractivity contribution in [2.45, 2.75) is 0 Å². The lowest BCUT2D eigenvalue weighted by Gasteiger charge is -2.25. The van der Waals surface area contributed by atoms with Gasteiger partial charge in [-0.3, -0.25) is 4.79 Å². The van der Waals surface area contributed by atoms with Crippen LogP contribution in [-0.4, -0.2) is 25.5 Å². The standard InChI is InChI=1S/C7H10N2O/c1-2-3-9-7(10)6-4-8-5-6/h1,6,8H,3-5H2,(H,9,10). The summed E-state index contributed by atoms with van der Waals surface area (Å²) in [5, 5.41) is 5.63. The van der Waals surface area contributed by atoms with Crippen molar-refractivity contribution < 1.29 is 4.79 Å². The highest BCUT2D eigenvalue weighted by Crippen LogP contribution is 2.00. The van der Waals surface area contributed by atoms with Crippen LogP contribution in [0.25, 0.3) is 0 Å². The minimum absolute atomic E-state index is 0.0664. The van der Waals surface area contributed by atoms with Crippen molar-refractivity contribution in [1.29, 1.82) is 0 Å². The number of amides is 1. The van der Waals surface area contributed by atoms with Crippen LogP contribution in [0.15, 0.2) is 0 Å². The van der Waals surface area contributed by atoms with Gasteiger partial charge in [0, 0.05) is 13.1 Å². The molecule has 0 radical (unpaired) electrons. The molecule has 1 saturated heterocycles. The number of carbonyl (C=O) groups excluding carboxylic acids is 1. The maximum absolute atomic E-state index is 10.9. The van der Waals surface area contributed by atoms with Crippen LogP contribution in [-0.2, 0) is 4.79 Å². The summed E-state index contributed by atoms with van der Waals surface area (Å²) in [6, 6.07) is 0. The van der Waals surface area contributed by atoms with E-state index in [0.717, 1.165) is 13.1 Å². The molecular weight excluding hydrogens is 128 g/mol. The van der Waals surface area contributed by atoms with Crippen LogP contribution >= 0.6 is 0 Å². The SMILES string of the molecule is C#CCNC(=O)C1CNC1. The summed E-state index contributed by atoms with van der Waals surface area (Å²) in [5.41, 5.74) is 0. The third kappa shape index (κ3) is 1.49. The molecule has 0 spiro atoms. The Bertz CT molecular complexity index is 167. The van der Waals surface area contributed by atoms with Gasteiger partial charge < -0.3 is 10.6 Å². The third-order valence-corrected chi connectivity index (χ3v) is 1.52. The maximum atomic E-state index is 10.9. The summed E-state index contributed by atoms with van der Waals surface area (Å²) in [6.45, 7) is 1.92. The zero-order valence-electron chi connectivity index (χ0n) is 5.68. The van der Waals surface area contributed by atoms with E-state index in [9.17, 15) is 4.79 Å². The van der Waals surface area contributed by atoms with Gasteiger partial charge in [-0.2, -0.15) is 0 Å². The molecule has 54 valence electrons.